The van der Waals surface area contributed by atoms with Gasteiger partial charge in [0.2, 0.25) is 21.8 Å². The fourth-order valence-corrected chi connectivity index (χ4v) is 5.71. The van der Waals surface area contributed by atoms with Crippen LogP contribution in [0, 0.1) is 5.82 Å². The molecule has 0 saturated heterocycles. The molecule has 9 heteroatoms. The molecule has 0 aromatic heterocycles. The number of halogens is 1. The number of carbonyl (C=O) groups excluding carboxylic acids is 2. The smallest absolute Gasteiger partial charge is 0.243 e. The number of nitrogens with zero attached hydrogens (tertiary/aromatic N) is 2. The zero-order valence-corrected chi connectivity index (χ0v) is 25.6. The molecule has 3 rings (SSSR count). The first kappa shape index (κ1) is 32.8. The number of nitrogens with one attached hydrogen (secondary N) is 1. The number of anilines is 1. The van der Waals surface area contributed by atoms with Gasteiger partial charge in [0.05, 0.1) is 11.9 Å². The molecule has 0 aliphatic heterocycles. The molecule has 1 N–H and O–H groups in total. The lowest BCUT2D eigenvalue weighted by Crippen LogP contribution is -2.50. The van der Waals surface area contributed by atoms with Crippen molar-refractivity contribution in [3.8, 4) is 0 Å². The van der Waals surface area contributed by atoms with Crippen LogP contribution in [0.25, 0.3) is 0 Å². The fraction of sp³-hybridized carbons (Fsp3) is 0.394. The van der Waals surface area contributed by atoms with Crippen LogP contribution >= 0.6 is 0 Å². The predicted octanol–water partition coefficient (Wildman–Crippen LogP) is 5.49. The molecule has 42 heavy (non-hydrogen) atoms. The number of unbranched alkanes of at least 4 members (excludes halogenated alkanes) is 1. The Balaban J connectivity index is 1.85. The summed E-state index contributed by atoms with van der Waals surface area (Å²) in [6, 6.07) is 21.9. The van der Waals surface area contributed by atoms with E-state index >= 15 is 0 Å². The minimum absolute atomic E-state index is 0.0355. The van der Waals surface area contributed by atoms with Gasteiger partial charge in [-0.3, -0.25) is 13.9 Å². The van der Waals surface area contributed by atoms with Crippen molar-refractivity contribution in [2.24, 2.45) is 0 Å². The molecule has 0 bridgehead atoms. The monoisotopic (exact) mass is 595 g/mol. The first-order valence-electron chi connectivity index (χ1n) is 14.5. The Morgan fingerprint density at radius 1 is 0.857 bits per heavy atom. The molecule has 1 atom stereocenters. The highest BCUT2D eigenvalue weighted by molar-refractivity contribution is 7.92. The Morgan fingerprint density at radius 3 is 2.10 bits per heavy atom. The summed E-state index contributed by atoms with van der Waals surface area (Å²) in [6.45, 7) is 4.80. The van der Waals surface area contributed by atoms with Crippen LogP contribution in [0.15, 0.2) is 78.9 Å². The van der Waals surface area contributed by atoms with Gasteiger partial charge in [-0.2, -0.15) is 0 Å². The third-order valence-electron chi connectivity index (χ3n) is 7.15. The maximum Gasteiger partial charge on any atom is 0.243 e. The van der Waals surface area contributed by atoms with Crippen molar-refractivity contribution >= 4 is 27.5 Å². The Morgan fingerprint density at radius 2 is 1.50 bits per heavy atom. The lowest BCUT2D eigenvalue weighted by Gasteiger charge is -2.32. The van der Waals surface area contributed by atoms with E-state index in [1.807, 2.05) is 56.3 Å². The van der Waals surface area contributed by atoms with Crippen molar-refractivity contribution < 1.29 is 22.4 Å². The summed E-state index contributed by atoms with van der Waals surface area (Å²) in [7, 11) is -3.58. The number of benzene rings is 3. The molecular formula is C33H42FN3O4S. The zero-order chi connectivity index (χ0) is 30.5. The summed E-state index contributed by atoms with van der Waals surface area (Å²) in [5.41, 5.74) is 3.24. The van der Waals surface area contributed by atoms with Crippen LogP contribution in [0.2, 0.25) is 0 Å². The van der Waals surface area contributed by atoms with Gasteiger partial charge in [0.25, 0.3) is 0 Å². The summed E-state index contributed by atoms with van der Waals surface area (Å²) < 4.78 is 40.2. The summed E-state index contributed by atoms with van der Waals surface area (Å²) in [5, 5.41) is 2.98. The number of hydrogen-bond donors (Lipinski definition) is 1. The van der Waals surface area contributed by atoms with E-state index in [0.717, 1.165) is 36.6 Å². The third kappa shape index (κ3) is 9.98. The van der Waals surface area contributed by atoms with E-state index in [1.54, 1.807) is 29.2 Å². The number of amides is 2. The van der Waals surface area contributed by atoms with E-state index in [9.17, 15) is 22.4 Å². The molecule has 0 radical (unpaired) electrons. The lowest BCUT2D eigenvalue weighted by molar-refractivity contribution is -0.141. The molecule has 2 amide bonds. The Labute approximate surface area is 249 Å². The Kier molecular flexibility index (Phi) is 12.5. The fourth-order valence-electron chi connectivity index (χ4n) is 4.75. The average Bonchev–Trinajstić information content (AvgIpc) is 2.98. The molecule has 3 aromatic carbocycles. The van der Waals surface area contributed by atoms with Crippen LogP contribution in [-0.4, -0.2) is 50.5 Å². The average molecular weight is 596 g/mol. The maximum absolute atomic E-state index is 13.8. The largest absolute Gasteiger partial charge is 0.354 e. The van der Waals surface area contributed by atoms with Crippen molar-refractivity contribution in [2.45, 2.75) is 65.0 Å². The van der Waals surface area contributed by atoms with Crippen LogP contribution in [0.3, 0.4) is 0 Å². The van der Waals surface area contributed by atoms with Crippen molar-refractivity contribution in [2.75, 3.05) is 23.7 Å². The molecule has 3 aromatic rings. The van der Waals surface area contributed by atoms with Gasteiger partial charge >= 0.3 is 0 Å². The minimum Gasteiger partial charge on any atom is -0.354 e. The van der Waals surface area contributed by atoms with E-state index in [2.05, 4.69) is 5.32 Å². The Hall–Kier alpha value is -3.72. The molecule has 0 heterocycles. The first-order valence-corrected chi connectivity index (χ1v) is 16.4. The van der Waals surface area contributed by atoms with Crippen molar-refractivity contribution in [1.82, 2.24) is 10.2 Å². The zero-order valence-electron chi connectivity index (χ0n) is 24.8. The van der Waals surface area contributed by atoms with Gasteiger partial charge in [0.15, 0.2) is 0 Å². The Bertz CT molecular complexity index is 1380. The first-order chi connectivity index (χ1) is 20.1. The standard InChI is InChI=1S/C33H42FN3O4S/c1-4-6-22-35-33(39)31(24-27-11-8-7-9-12-27)36(25-28-14-18-29(34)19-15-28)32(38)13-10-23-37(42(3,40)41)30-20-16-26(5-2)17-21-30/h7-9,11-12,14-21,31H,4-6,10,13,22-25H2,1-3H3,(H,35,39)/t31-/m1/s1. The van der Waals surface area contributed by atoms with Crippen LogP contribution in [-0.2, 0) is 39.0 Å². The van der Waals surface area contributed by atoms with Gasteiger partial charge < -0.3 is 10.2 Å². The maximum atomic E-state index is 13.8. The van der Waals surface area contributed by atoms with Crippen molar-refractivity contribution in [3.63, 3.8) is 0 Å². The number of carbonyl (C=O) groups is 2. The van der Waals surface area contributed by atoms with E-state index in [4.69, 9.17) is 0 Å². The van der Waals surface area contributed by atoms with Gasteiger partial charge in [-0.15, -0.1) is 0 Å². The van der Waals surface area contributed by atoms with E-state index in [-0.39, 0.29) is 43.6 Å². The molecule has 226 valence electrons. The molecule has 0 spiro atoms. The van der Waals surface area contributed by atoms with E-state index in [0.29, 0.717) is 24.2 Å². The van der Waals surface area contributed by atoms with Crippen molar-refractivity contribution in [3.05, 3.63) is 101 Å². The molecule has 0 aliphatic rings. The van der Waals surface area contributed by atoms with Gasteiger partial charge in [-0.1, -0.05) is 74.9 Å². The summed E-state index contributed by atoms with van der Waals surface area (Å²) in [6.07, 6.45) is 4.33. The number of rotatable bonds is 16. The minimum atomic E-state index is -3.58. The van der Waals surface area contributed by atoms with Crippen LogP contribution < -0.4 is 9.62 Å². The SMILES string of the molecule is CCCCNC(=O)[C@@H](Cc1ccccc1)N(Cc1ccc(F)cc1)C(=O)CCCN(c1ccc(CC)cc1)S(C)(=O)=O. The highest BCUT2D eigenvalue weighted by Crippen LogP contribution is 2.21. The molecule has 0 unspecified atom stereocenters. The topological polar surface area (TPSA) is 86.8 Å². The van der Waals surface area contributed by atoms with E-state index < -0.39 is 16.1 Å². The van der Waals surface area contributed by atoms with Gasteiger partial charge in [-0.25, -0.2) is 12.8 Å². The highest BCUT2D eigenvalue weighted by atomic mass is 32.2. The number of hydrogen-bond acceptors (Lipinski definition) is 4. The van der Waals surface area contributed by atoms with Crippen LogP contribution in [0.5, 0.6) is 0 Å². The number of sulfonamides is 1. The molecule has 0 fully saturated rings. The van der Waals surface area contributed by atoms with Gasteiger partial charge in [0.1, 0.15) is 11.9 Å². The molecule has 7 nitrogen and oxygen atoms in total. The third-order valence-corrected chi connectivity index (χ3v) is 8.35. The predicted molar refractivity (Wildman–Crippen MR) is 166 cm³/mol. The van der Waals surface area contributed by atoms with E-state index in [1.165, 1.54) is 16.4 Å². The molecule has 0 aliphatic carbocycles. The summed E-state index contributed by atoms with van der Waals surface area (Å²) >= 11 is 0. The quantitative estimate of drug-likeness (QED) is 0.222. The molecule has 0 saturated carbocycles. The van der Waals surface area contributed by atoms with Crippen LogP contribution in [0.4, 0.5) is 10.1 Å². The lowest BCUT2D eigenvalue weighted by atomic mass is 10.0. The summed E-state index contributed by atoms with van der Waals surface area (Å²) in [4.78, 5) is 28.9. The second-order valence-corrected chi connectivity index (χ2v) is 12.4. The number of aryl methyl sites for hydroxylation is 1. The second kappa shape index (κ2) is 16.1. The van der Waals surface area contributed by atoms with Gasteiger partial charge in [-0.05, 0) is 60.2 Å². The highest BCUT2D eigenvalue weighted by Gasteiger charge is 2.30. The van der Waals surface area contributed by atoms with Gasteiger partial charge in [0, 0.05) is 32.5 Å². The normalized spacial score (nSPS) is 12.0. The molecular weight excluding hydrogens is 553 g/mol. The second-order valence-electron chi connectivity index (χ2n) is 10.5. The summed E-state index contributed by atoms with van der Waals surface area (Å²) in [5.74, 6) is -0.917. The van der Waals surface area contributed by atoms with Crippen molar-refractivity contribution in [1.29, 1.82) is 0 Å². The van der Waals surface area contributed by atoms with Crippen LogP contribution in [0.1, 0.15) is 56.2 Å².